The summed E-state index contributed by atoms with van der Waals surface area (Å²) in [5.74, 6) is 0. The summed E-state index contributed by atoms with van der Waals surface area (Å²) in [6.45, 7) is 6.45. The van der Waals surface area contributed by atoms with E-state index in [2.05, 4.69) is 11.8 Å². The van der Waals surface area contributed by atoms with Crippen molar-refractivity contribution in [3.05, 3.63) is 29.8 Å². The Kier molecular flexibility index (Phi) is 5.29. The number of nitrogens with two attached hydrogens (primary N) is 1. The molecule has 3 nitrogen and oxygen atoms in total. The maximum atomic E-state index is 9.42. The molecule has 1 atom stereocenters. The molecule has 0 spiro atoms. The van der Waals surface area contributed by atoms with Crippen molar-refractivity contribution in [2.75, 3.05) is 18.8 Å². The van der Waals surface area contributed by atoms with Gasteiger partial charge in [-0.25, -0.2) is 0 Å². The summed E-state index contributed by atoms with van der Waals surface area (Å²) in [6.07, 6.45) is 0.788. The molecular weight excluding hydrogens is 200 g/mol. The zero-order valence-corrected chi connectivity index (χ0v) is 10.2. The molecule has 0 amide bonds. The van der Waals surface area contributed by atoms with Crippen LogP contribution in [0.15, 0.2) is 24.3 Å². The Morgan fingerprint density at radius 3 is 2.62 bits per heavy atom. The third-order valence-corrected chi connectivity index (χ3v) is 2.51. The molecule has 0 aliphatic carbocycles. The first kappa shape index (κ1) is 13.0. The molecule has 0 fully saturated rings. The molecule has 0 radical (unpaired) electrons. The lowest BCUT2D eigenvalue weighted by Crippen LogP contribution is -2.31. The van der Waals surface area contributed by atoms with E-state index in [9.17, 15) is 5.11 Å². The molecule has 1 aromatic rings. The summed E-state index contributed by atoms with van der Waals surface area (Å²) < 4.78 is 0. The molecule has 0 aliphatic heterocycles. The van der Waals surface area contributed by atoms with Crippen molar-refractivity contribution in [1.29, 1.82) is 0 Å². The van der Waals surface area contributed by atoms with Crippen molar-refractivity contribution in [1.82, 2.24) is 4.90 Å². The van der Waals surface area contributed by atoms with Crippen LogP contribution in [0.5, 0.6) is 0 Å². The van der Waals surface area contributed by atoms with Crippen molar-refractivity contribution in [3.63, 3.8) is 0 Å². The molecular formula is C13H22N2O. The largest absolute Gasteiger partial charge is 0.398 e. The highest BCUT2D eigenvalue weighted by Gasteiger charge is 2.09. The molecule has 0 aromatic heterocycles. The lowest BCUT2D eigenvalue weighted by Gasteiger charge is -2.23. The average molecular weight is 222 g/mol. The summed E-state index contributed by atoms with van der Waals surface area (Å²) in [5.41, 5.74) is 7.87. The molecule has 0 heterocycles. The van der Waals surface area contributed by atoms with Crippen molar-refractivity contribution >= 4 is 5.69 Å². The van der Waals surface area contributed by atoms with E-state index in [1.807, 2.05) is 31.2 Å². The summed E-state index contributed by atoms with van der Waals surface area (Å²) in [7, 11) is 0. The zero-order chi connectivity index (χ0) is 12.0. The van der Waals surface area contributed by atoms with Gasteiger partial charge in [-0.3, -0.25) is 4.90 Å². The molecule has 0 bridgehead atoms. The zero-order valence-electron chi connectivity index (χ0n) is 10.2. The summed E-state index contributed by atoms with van der Waals surface area (Å²) >= 11 is 0. The predicted molar refractivity (Wildman–Crippen MR) is 68.1 cm³/mol. The predicted octanol–water partition coefficient (Wildman–Crippen LogP) is 1.86. The van der Waals surface area contributed by atoms with Crippen molar-refractivity contribution in [2.45, 2.75) is 32.9 Å². The van der Waals surface area contributed by atoms with Crippen LogP contribution in [0.1, 0.15) is 25.8 Å². The Labute approximate surface area is 97.9 Å². The number of hydrogen-bond donors (Lipinski definition) is 2. The van der Waals surface area contributed by atoms with Gasteiger partial charge < -0.3 is 10.8 Å². The molecule has 16 heavy (non-hydrogen) atoms. The van der Waals surface area contributed by atoms with Gasteiger partial charge in [-0.05, 0) is 31.5 Å². The second-order valence-electron chi connectivity index (χ2n) is 4.28. The number of rotatable bonds is 6. The molecule has 0 saturated heterocycles. The van der Waals surface area contributed by atoms with E-state index in [0.717, 1.165) is 30.8 Å². The number of benzene rings is 1. The third kappa shape index (κ3) is 4.21. The SMILES string of the molecule is CCCN(Cc1ccccc1N)CC(C)O. The fourth-order valence-electron chi connectivity index (χ4n) is 1.84. The molecule has 90 valence electrons. The number of aliphatic hydroxyl groups is 1. The molecule has 1 unspecified atom stereocenters. The number of para-hydroxylation sites is 1. The van der Waals surface area contributed by atoms with Crippen LogP contribution in [0.25, 0.3) is 0 Å². The van der Waals surface area contributed by atoms with Gasteiger partial charge in [0.2, 0.25) is 0 Å². The van der Waals surface area contributed by atoms with E-state index in [1.54, 1.807) is 0 Å². The Hall–Kier alpha value is -1.06. The lowest BCUT2D eigenvalue weighted by atomic mass is 10.1. The first-order valence-corrected chi connectivity index (χ1v) is 5.87. The quantitative estimate of drug-likeness (QED) is 0.722. The highest BCUT2D eigenvalue weighted by molar-refractivity contribution is 5.46. The first-order valence-electron chi connectivity index (χ1n) is 5.87. The fourth-order valence-corrected chi connectivity index (χ4v) is 1.84. The second-order valence-corrected chi connectivity index (χ2v) is 4.28. The first-order chi connectivity index (χ1) is 7.63. The van der Waals surface area contributed by atoms with Crippen LogP contribution in [-0.4, -0.2) is 29.2 Å². The van der Waals surface area contributed by atoms with Crippen LogP contribution >= 0.6 is 0 Å². The normalized spacial score (nSPS) is 13.0. The van der Waals surface area contributed by atoms with Gasteiger partial charge >= 0.3 is 0 Å². The summed E-state index contributed by atoms with van der Waals surface area (Å²) in [4.78, 5) is 2.23. The van der Waals surface area contributed by atoms with Crippen molar-refractivity contribution < 1.29 is 5.11 Å². The van der Waals surface area contributed by atoms with Gasteiger partial charge in [0.05, 0.1) is 6.10 Å². The maximum absolute atomic E-state index is 9.42. The van der Waals surface area contributed by atoms with Gasteiger partial charge in [0.1, 0.15) is 0 Å². The van der Waals surface area contributed by atoms with Crippen LogP contribution in [-0.2, 0) is 6.54 Å². The van der Waals surface area contributed by atoms with Gasteiger partial charge in [-0.2, -0.15) is 0 Å². The minimum atomic E-state index is -0.295. The number of anilines is 1. The number of hydrogen-bond acceptors (Lipinski definition) is 3. The van der Waals surface area contributed by atoms with Gasteiger partial charge in [-0.1, -0.05) is 25.1 Å². The summed E-state index contributed by atoms with van der Waals surface area (Å²) in [6, 6.07) is 7.90. The minimum absolute atomic E-state index is 0.295. The van der Waals surface area contributed by atoms with Crippen LogP contribution < -0.4 is 5.73 Å². The summed E-state index contributed by atoms with van der Waals surface area (Å²) in [5, 5.41) is 9.42. The van der Waals surface area contributed by atoms with Gasteiger partial charge in [-0.15, -0.1) is 0 Å². The molecule has 0 saturated carbocycles. The monoisotopic (exact) mass is 222 g/mol. The number of nitrogens with zero attached hydrogens (tertiary/aromatic N) is 1. The van der Waals surface area contributed by atoms with Crippen LogP contribution in [0.3, 0.4) is 0 Å². The smallest absolute Gasteiger partial charge is 0.0639 e. The van der Waals surface area contributed by atoms with E-state index in [-0.39, 0.29) is 6.10 Å². The Balaban J connectivity index is 2.64. The standard InChI is InChI=1S/C13H22N2O/c1-3-8-15(9-11(2)16)10-12-6-4-5-7-13(12)14/h4-7,11,16H,3,8-10,14H2,1-2H3. The Morgan fingerprint density at radius 1 is 1.38 bits per heavy atom. The molecule has 3 N–H and O–H groups in total. The van der Waals surface area contributed by atoms with E-state index >= 15 is 0 Å². The number of nitrogen functional groups attached to an aromatic ring is 1. The van der Waals surface area contributed by atoms with Crippen LogP contribution in [0.2, 0.25) is 0 Å². The Bertz CT molecular complexity index is 313. The van der Waals surface area contributed by atoms with Crippen LogP contribution in [0.4, 0.5) is 5.69 Å². The van der Waals surface area contributed by atoms with E-state index in [1.165, 1.54) is 0 Å². The van der Waals surface area contributed by atoms with Crippen molar-refractivity contribution in [3.8, 4) is 0 Å². The fraction of sp³-hybridized carbons (Fsp3) is 0.538. The van der Waals surface area contributed by atoms with Crippen molar-refractivity contribution in [2.24, 2.45) is 0 Å². The van der Waals surface area contributed by atoms with E-state index in [4.69, 9.17) is 5.73 Å². The molecule has 1 rings (SSSR count). The van der Waals surface area contributed by atoms with Crippen LogP contribution in [0, 0.1) is 0 Å². The topological polar surface area (TPSA) is 49.5 Å². The Morgan fingerprint density at radius 2 is 2.06 bits per heavy atom. The van der Waals surface area contributed by atoms with E-state index in [0.29, 0.717) is 6.54 Å². The van der Waals surface area contributed by atoms with Gasteiger partial charge in [0.15, 0.2) is 0 Å². The van der Waals surface area contributed by atoms with E-state index < -0.39 is 0 Å². The number of aliphatic hydroxyl groups excluding tert-OH is 1. The third-order valence-electron chi connectivity index (χ3n) is 2.51. The highest BCUT2D eigenvalue weighted by Crippen LogP contribution is 2.13. The minimum Gasteiger partial charge on any atom is -0.398 e. The molecule has 0 aliphatic rings. The van der Waals surface area contributed by atoms with Gasteiger partial charge in [0, 0.05) is 18.8 Å². The molecule has 1 aromatic carbocycles. The second kappa shape index (κ2) is 6.51. The van der Waals surface area contributed by atoms with Gasteiger partial charge in [0.25, 0.3) is 0 Å². The molecule has 3 heteroatoms. The lowest BCUT2D eigenvalue weighted by molar-refractivity contribution is 0.122. The highest BCUT2D eigenvalue weighted by atomic mass is 16.3. The average Bonchev–Trinajstić information content (AvgIpc) is 2.21. The maximum Gasteiger partial charge on any atom is 0.0639 e.